The van der Waals surface area contributed by atoms with Crippen molar-refractivity contribution < 1.29 is 9.59 Å². The molecule has 2 aromatic carbocycles. The number of halogens is 1. The molecule has 0 aliphatic carbocycles. The maximum Gasteiger partial charge on any atom is 0.298 e. The average Bonchev–Trinajstić information content (AvgIpc) is 3.15. The van der Waals surface area contributed by atoms with Gasteiger partial charge in [-0.15, -0.1) is 0 Å². The number of rotatable bonds is 3. The Morgan fingerprint density at radius 3 is 2.25 bits per heavy atom. The maximum atomic E-state index is 13.0. The number of aromatic nitrogens is 1. The van der Waals surface area contributed by atoms with E-state index < -0.39 is 0 Å². The number of hydrogen-bond donors (Lipinski definition) is 0. The highest BCUT2D eigenvalue weighted by atomic mass is 35.5. The van der Waals surface area contributed by atoms with E-state index in [4.69, 9.17) is 11.6 Å². The second-order valence-electron chi connectivity index (χ2n) is 8.96. The third kappa shape index (κ3) is 4.15. The Morgan fingerprint density at radius 2 is 1.62 bits per heavy atom. The van der Waals surface area contributed by atoms with Crippen molar-refractivity contribution >= 4 is 46.3 Å². The number of hydrogen-bond acceptors (Lipinski definition) is 3. The molecule has 4 nitrogen and oxygen atoms in total. The molecule has 32 heavy (non-hydrogen) atoms. The van der Waals surface area contributed by atoms with Gasteiger partial charge in [0.05, 0.1) is 10.6 Å². The van der Waals surface area contributed by atoms with Crippen LogP contribution in [0.3, 0.4) is 0 Å². The highest BCUT2D eigenvalue weighted by molar-refractivity contribution is 8.19. The van der Waals surface area contributed by atoms with Crippen molar-refractivity contribution in [1.29, 1.82) is 0 Å². The van der Waals surface area contributed by atoms with Crippen LogP contribution in [0.25, 0.3) is 11.8 Å². The quantitative estimate of drug-likeness (QED) is 0.382. The Balaban J connectivity index is 1.67. The predicted molar refractivity (Wildman–Crippen MR) is 134 cm³/mol. The molecule has 6 heteroatoms. The molecule has 1 aliphatic heterocycles. The monoisotopic (exact) mass is 464 g/mol. The van der Waals surface area contributed by atoms with Crippen LogP contribution in [0.15, 0.2) is 59.5 Å². The van der Waals surface area contributed by atoms with Gasteiger partial charge in [0.2, 0.25) is 0 Å². The molecular formula is C26H25ClN2O2S. The third-order valence-electron chi connectivity index (χ3n) is 5.61. The lowest BCUT2D eigenvalue weighted by molar-refractivity contribution is -0.113. The van der Waals surface area contributed by atoms with E-state index in [0.717, 1.165) is 34.4 Å². The molecule has 1 aliphatic rings. The largest absolute Gasteiger partial charge is 0.318 e. The first kappa shape index (κ1) is 22.4. The first-order chi connectivity index (χ1) is 15.1. The number of anilines is 1. The van der Waals surface area contributed by atoms with Crippen molar-refractivity contribution in [3.8, 4) is 5.69 Å². The molecular weight excluding hydrogens is 440 g/mol. The fourth-order valence-electron chi connectivity index (χ4n) is 3.89. The van der Waals surface area contributed by atoms with Crippen molar-refractivity contribution in [2.45, 2.75) is 40.0 Å². The molecule has 3 aromatic rings. The Kier molecular flexibility index (Phi) is 5.82. The van der Waals surface area contributed by atoms with Gasteiger partial charge in [-0.1, -0.05) is 50.6 Å². The molecule has 0 saturated carbocycles. The van der Waals surface area contributed by atoms with Crippen molar-refractivity contribution in [2.75, 3.05) is 4.90 Å². The minimum atomic E-state index is -0.332. The Hall–Kier alpha value is -2.76. The van der Waals surface area contributed by atoms with Crippen LogP contribution < -0.4 is 4.90 Å². The molecule has 0 spiro atoms. The summed E-state index contributed by atoms with van der Waals surface area (Å²) in [5.74, 6) is -0.332. The van der Waals surface area contributed by atoms with E-state index in [2.05, 4.69) is 49.6 Å². The third-order valence-corrected chi connectivity index (χ3v) is 6.71. The Labute approximate surface area is 197 Å². The zero-order valence-corrected chi connectivity index (χ0v) is 20.3. The molecule has 1 saturated heterocycles. The van der Waals surface area contributed by atoms with Gasteiger partial charge in [-0.05, 0) is 84.6 Å². The zero-order chi connectivity index (χ0) is 23.2. The summed E-state index contributed by atoms with van der Waals surface area (Å²) in [7, 11) is 0. The highest BCUT2D eigenvalue weighted by Crippen LogP contribution is 2.37. The van der Waals surface area contributed by atoms with Gasteiger partial charge in [0, 0.05) is 22.1 Å². The van der Waals surface area contributed by atoms with Gasteiger partial charge >= 0.3 is 0 Å². The van der Waals surface area contributed by atoms with Crippen molar-refractivity contribution in [3.05, 3.63) is 87.0 Å². The number of aryl methyl sites for hydroxylation is 1. The van der Waals surface area contributed by atoms with E-state index >= 15 is 0 Å². The first-order valence-corrected chi connectivity index (χ1v) is 11.6. The van der Waals surface area contributed by atoms with E-state index in [9.17, 15) is 9.59 Å². The molecule has 2 heterocycles. The normalized spacial score (nSPS) is 15.8. The lowest BCUT2D eigenvalue weighted by atomic mass is 9.87. The van der Waals surface area contributed by atoms with Crippen LogP contribution in [-0.4, -0.2) is 15.7 Å². The van der Waals surface area contributed by atoms with E-state index in [-0.39, 0.29) is 16.6 Å². The van der Waals surface area contributed by atoms with Gasteiger partial charge in [-0.25, -0.2) is 4.90 Å². The lowest BCUT2D eigenvalue weighted by Gasteiger charge is -2.20. The van der Waals surface area contributed by atoms with Crippen molar-refractivity contribution in [1.82, 2.24) is 4.57 Å². The first-order valence-electron chi connectivity index (χ1n) is 10.4. The number of amides is 2. The lowest BCUT2D eigenvalue weighted by Crippen LogP contribution is -2.27. The van der Waals surface area contributed by atoms with Gasteiger partial charge < -0.3 is 4.57 Å². The second kappa shape index (κ2) is 8.30. The number of benzene rings is 2. The minimum Gasteiger partial charge on any atom is -0.318 e. The van der Waals surface area contributed by atoms with E-state index in [1.165, 1.54) is 10.5 Å². The summed E-state index contributed by atoms with van der Waals surface area (Å²) < 4.78 is 2.17. The number of carbonyl (C=O) groups excluding carboxylic acids is 2. The predicted octanol–water partition coefficient (Wildman–Crippen LogP) is 7.29. The van der Waals surface area contributed by atoms with Gasteiger partial charge in [0.25, 0.3) is 11.1 Å². The molecule has 0 atom stereocenters. The van der Waals surface area contributed by atoms with Crippen molar-refractivity contribution in [2.24, 2.45) is 0 Å². The van der Waals surface area contributed by atoms with E-state index in [0.29, 0.717) is 15.6 Å². The van der Waals surface area contributed by atoms with Gasteiger partial charge in [-0.2, -0.15) is 0 Å². The number of imide groups is 1. The number of nitrogens with zero attached hydrogens (tertiary/aromatic N) is 2. The molecule has 1 aromatic heterocycles. The van der Waals surface area contributed by atoms with Crippen LogP contribution >= 0.6 is 23.4 Å². The van der Waals surface area contributed by atoms with Gasteiger partial charge in [-0.3, -0.25) is 9.59 Å². The molecule has 0 unspecified atom stereocenters. The van der Waals surface area contributed by atoms with Crippen LogP contribution in [0, 0.1) is 13.8 Å². The fraction of sp³-hybridized carbons (Fsp3) is 0.231. The molecule has 0 N–H and O–H groups in total. The summed E-state index contributed by atoms with van der Waals surface area (Å²) >= 11 is 6.99. The summed E-state index contributed by atoms with van der Waals surface area (Å²) in [6, 6.07) is 17.4. The topological polar surface area (TPSA) is 42.3 Å². The molecule has 164 valence electrons. The molecule has 1 fully saturated rings. The molecule has 4 rings (SSSR count). The number of carbonyl (C=O) groups is 2. The van der Waals surface area contributed by atoms with Gasteiger partial charge in [0.1, 0.15) is 0 Å². The van der Waals surface area contributed by atoms with Crippen LogP contribution in [-0.2, 0) is 10.2 Å². The summed E-state index contributed by atoms with van der Waals surface area (Å²) in [4.78, 5) is 27.1. The summed E-state index contributed by atoms with van der Waals surface area (Å²) in [6.45, 7) is 10.7. The smallest absolute Gasteiger partial charge is 0.298 e. The molecule has 2 amide bonds. The van der Waals surface area contributed by atoms with Crippen LogP contribution in [0.4, 0.5) is 10.5 Å². The minimum absolute atomic E-state index is 0.0936. The van der Waals surface area contributed by atoms with Crippen molar-refractivity contribution in [3.63, 3.8) is 0 Å². The second-order valence-corrected chi connectivity index (χ2v) is 10.4. The molecule has 0 radical (unpaired) electrons. The van der Waals surface area contributed by atoms with E-state index in [1.54, 1.807) is 30.3 Å². The zero-order valence-electron chi connectivity index (χ0n) is 18.8. The standard InChI is InChI=1S/C26H25ClN2O2S/c1-16-13-18(17(2)28(16)21-11-9-19(10-12-21)26(3,4)5)14-23-24(30)29(25(31)32-23)22-8-6-7-20(27)15-22/h6-15H,1-5H3/b23-14+. The molecule has 0 bridgehead atoms. The Morgan fingerprint density at radius 1 is 0.938 bits per heavy atom. The number of thioether (sulfide) groups is 1. The highest BCUT2D eigenvalue weighted by Gasteiger charge is 2.36. The van der Waals surface area contributed by atoms with Crippen LogP contribution in [0.1, 0.15) is 43.3 Å². The Bertz CT molecular complexity index is 1250. The fourth-order valence-corrected chi connectivity index (χ4v) is 4.91. The van der Waals surface area contributed by atoms with Crippen LogP contribution in [0.2, 0.25) is 5.02 Å². The SMILES string of the molecule is Cc1cc(/C=C2/SC(=O)N(c3cccc(Cl)c3)C2=O)c(C)n1-c1ccc(C(C)(C)C)cc1. The van der Waals surface area contributed by atoms with Crippen LogP contribution in [0.5, 0.6) is 0 Å². The summed E-state index contributed by atoms with van der Waals surface area (Å²) in [5.41, 5.74) is 5.91. The summed E-state index contributed by atoms with van der Waals surface area (Å²) in [5, 5.41) is 0.154. The average molecular weight is 465 g/mol. The maximum absolute atomic E-state index is 13.0. The summed E-state index contributed by atoms with van der Waals surface area (Å²) in [6.07, 6.45) is 1.80. The van der Waals surface area contributed by atoms with E-state index in [1.807, 2.05) is 19.9 Å². The van der Waals surface area contributed by atoms with Gasteiger partial charge in [0.15, 0.2) is 0 Å².